The third kappa shape index (κ3) is 2.93. The number of fused-ring (bicyclic) bond motifs is 1. The molecule has 0 fully saturated rings. The predicted molar refractivity (Wildman–Crippen MR) is 86.3 cm³/mol. The van der Waals surface area contributed by atoms with Gasteiger partial charge in [-0.3, -0.25) is 4.99 Å². The number of alkyl halides is 1. The van der Waals surface area contributed by atoms with Crippen molar-refractivity contribution in [1.29, 1.82) is 0 Å². The van der Waals surface area contributed by atoms with Crippen molar-refractivity contribution in [3.8, 4) is 0 Å². The molecule has 0 saturated carbocycles. The lowest BCUT2D eigenvalue weighted by Gasteiger charge is -2.27. The normalized spacial score (nSPS) is 18.5. The third-order valence-corrected chi connectivity index (χ3v) is 3.87. The molecule has 1 heterocycles. The van der Waals surface area contributed by atoms with E-state index in [0.717, 1.165) is 22.5 Å². The van der Waals surface area contributed by atoms with Gasteiger partial charge in [0, 0.05) is 30.4 Å². The monoisotopic (exact) mass is 302 g/mol. The molecule has 21 heavy (non-hydrogen) atoms. The Morgan fingerprint density at radius 2 is 1.95 bits per heavy atom. The molecule has 0 aliphatic carbocycles. The number of aliphatic imine (C=N–C) groups is 1. The van der Waals surface area contributed by atoms with E-state index in [2.05, 4.69) is 9.89 Å². The van der Waals surface area contributed by atoms with Crippen molar-refractivity contribution in [2.75, 3.05) is 25.0 Å². The van der Waals surface area contributed by atoms with E-state index in [-0.39, 0.29) is 11.2 Å². The highest BCUT2D eigenvalue weighted by Crippen LogP contribution is 2.27. The van der Waals surface area contributed by atoms with Crippen LogP contribution in [-0.4, -0.2) is 31.2 Å². The average Bonchev–Trinajstić information content (AvgIpc) is 2.47. The first-order chi connectivity index (χ1) is 10.1. The molecule has 1 atom stereocenters. The molecular weight excluding hydrogens is 287 g/mol. The summed E-state index contributed by atoms with van der Waals surface area (Å²) in [5.41, 5.74) is 3.53. The molecule has 0 saturated heterocycles. The van der Waals surface area contributed by atoms with Crippen molar-refractivity contribution in [2.45, 2.75) is 5.38 Å². The highest BCUT2D eigenvalue weighted by molar-refractivity contribution is 6.22. The van der Waals surface area contributed by atoms with Crippen molar-refractivity contribution in [3.05, 3.63) is 65.5 Å². The maximum Gasteiger partial charge on any atom is 0.124 e. The number of benzene rings is 2. The summed E-state index contributed by atoms with van der Waals surface area (Å²) in [6.45, 7) is 1.21. The second-order valence-corrected chi connectivity index (χ2v) is 5.81. The van der Waals surface area contributed by atoms with Crippen LogP contribution in [0.3, 0.4) is 0 Å². The Bertz CT molecular complexity index is 670. The zero-order chi connectivity index (χ0) is 14.8. The Balaban J connectivity index is 2.19. The fraction of sp³-hybridized carbons (Fsp3) is 0.235. The number of hydrogen-bond acceptors (Lipinski definition) is 2. The molecule has 3 rings (SSSR count). The summed E-state index contributed by atoms with van der Waals surface area (Å²) in [5.74, 6) is -0.256. The van der Waals surface area contributed by atoms with E-state index in [9.17, 15) is 4.39 Å². The van der Waals surface area contributed by atoms with Gasteiger partial charge in [0.2, 0.25) is 0 Å². The van der Waals surface area contributed by atoms with Crippen molar-refractivity contribution in [1.82, 2.24) is 0 Å². The maximum atomic E-state index is 13.7. The number of nitrogens with zero attached hydrogens (tertiary/aromatic N) is 2. The van der Waals surface area contributed by atoms with Crippen molar-refractivity contribution >= 4 is 23.0 Å². The Hall–Kier alpha value is -1.87. The molecule has 108 valence electrons. The van der Waals surface area contributed by atoms with Gasteiger partial charge in [-0.05, 0) is 18.2 Å². The minimum Gasteiger partial charge on any atom is -0.372 e. The number of rotatable bonds is 1. The molecule has 0 aromatic heterocycles. The molecule has 0 bridgehead atoms. The average molecular weight is 303 g/mol. The van der Waals surface area contributed by atoms with Gasteiger partial charge >= 0.3 is 0 Å². The van der Waals surface area contributed by atoms with Gasteiger partial charge in [0.15, 0.2) is 0 Å². The van der Waals surface area contributed by atoms with Gasteiger partial charge in [0.1, 0.15) is 5.82 Å². The fourth-order valence-corrected chi connectivity index (χ4v) is 2.88. The number of hydrogen-bond donors (Lipinski definition) is 0. The molecule has 0 N–H and O–H groups in total. The summed E-state index contributed by atoms with van der Waals surface area (Å²) in [5, 5.41) is -0.0630. The van der Waals surface area contributed by atoms with Crippen LogP contribution in [0, 0.1) is 5.82 Å². The molecule has 2 nitrogen and oxygen atoms in total. The van der Waals surface area contributed by atoms with Gasteiger partial charge in [-0.25, -0.2) is 4.39 Å². The summed E-state index contributed by atoms with van der Waals surface area (Å²) in [6.07, 6.45) is 0. The lowest BCUT2D eigenvalue weighted by atomic mass is 9.99. The Labute approximate surface area is 128 Å². The molecule has 2 aromatic carbocycles. The second-order valence-electron chi connectivity index (χ2n) is 5.19. The molecular formula is C17H16ClFN2. The van der Waals surface area contributed by atoms with E-state index in [1.807, 2.05) is 37.4 Å². The lowest BCUT2D eigenvalue weighted by molar-refractivity contribution is 0.627. The van der Waals surface area contributed by atoms with E-state index < -0.39 is 0 Å². The summed E-state index contributed by atoms with van der Waals surface area (Å²) in [4.78, 5) is 6.70. The molecule has 0 amide bonds. The molecule has 2 aromatic rings. The first-order valence-electron chi connectivity index (χ1n) is 6.90. The molecule has 0 spiro atoms. The molecule has 1 aliphatic rings. The molecule has 4 heteroatoms. The van der Waals surface area contributed by atoms with Crippen LogP contribution in [0.4, 0.5) is 10.1 Å². The maximum absolute atomic E-state index is 13.7. The van der Waals surface area contributed by atoms with Crippen LogP contribution in [0.15, 0.2) is 53.5 Å². The van der Waals surface area contributed by atoms with Crippen LogP contribution in [0.1, 0.15) is 11.1 Å². The smallest absolute Gasteiger partial charge is 0.124 e. The van der Waals surface area contributed by atoms with Crippen LogP contribution in [0.25, 0.3) is 0 Å². The van der Waals surface area contributed by atoms with Crippen molar-refractivity contribution < 1.29 is 4.39 Å². The van der Waals surface area contributed by atoms with E-state index >= 15 is 0 Å². The van der Waals surface area contributed by atoms with Crippen LogP contribution < -0.4 is 4.90 Å². The lowest BCUT2D eigenvalue weighted by Crippen LogP contribution is -2.31. The summed E-state index contributed by atoms with van der Waals surface area (Å²) in [6, 6.07) is 14.6. The Morgan fingerprint density at radius 1 is 1.19 bits per heavy atom. The summed E-state index contributed by atoms with van der Waals surface area (Å²) >= 11 is 6.32. The van der Waals surface area contributed by atoms with Crippen molar-refractivity contribution in [2.24, 2.45) is 4.99 Å². The second kappa shape index (κ2) is 5.86. The summed E-state index contributed by atoms with van der Waals surface area (Å²) in [7, 11) is 1.97. The van der Waals surface area contributed by atoms with Crippen LogP contribution in [-0.2, 0) is 0 Å². The standard InChI is InChI=1S/C17H16ClFN2/c1-21-11-13(18)10-20-17(12-5-3-2-4-6-12)15-9-14(19)7-8-16(15)21/h2-9,13H,10-11H2,1H3. The predicted octanol–water partition coefficient (Wildman–Crippen LogP) is 3.72. The highest BCUT2D eigenvalue weighted by atomic mass is 35.5. The minimum atomic E-state index is -0.256. The highest BCUT2D eigenvalue weighted by Gasteiger charge is 2.20. The third-order valence-electron chi connectivity index (χ3n) is 3.59. The zero-order valence-electron chi connectivity index (χ0n) is 11.8. The van der Waals surface area contributed by atoms with Gasteiger partial charge in [-0.1, -0.05) is 30.3 Å². The van der Waals surface area contributed by atoms with E-state index in [4.69, 9.17) is 11.6 Å². The van der Waals surface area contributed by atoms with E-state index in [1.165, 1.54) is 6.07 Å². The molecule has 1 aliphatic heterocycles. The SMILES string of the molecule is CN1CC(Cl)CN=C(c2ccccc2)c2cc(F)ccc21. The van der Waals surface area contributed by atoms with E-state index in [1.54, 1.807) is 12.1 Å². The molecule has 1 unspecified atom stereocenters. The fourth-order valence-electron chi connectivity index (χ4n) is 2.60. The van der Waals surface area contributed by atoms with Gasteiger partial charge in [-0.2, -0.15) is 0 Å². The van der Waals surface area contributed by atoms with Gasteiger partial charge in [-0.15, -0.1) is 11.6 Å². The van der Waals surface area contributed by atoms with Crippen LogP contribution in [0.2, 0.25) is 0 Å². The minimum absolute atomic E-state index is 0.0630. The number of anilines is 1. The van der Waals surface area contributed by atoms with Gasteiger partial charge in [0.05, 0.1) is 17.6 Å². The first-order valence-corrected chi connectivity index (χ1v) is 7.34. The van der Waals surface area contributed by atoms with Crippen LogP contribution >= 0.6 is 11.6 Å². The summed E-state index contributed by atoms with van der Waals surface area (Å²) < 4.78 is 13.7. The largest absolute Gasteiger partial charge is 0.372 e. The molecule has 0 radical (unpaired) electrons. The Kier molecular flexibility index (Phi) is 3.93. The quantitative estimate of drug-likeness (QED) is 0.733. The number of halogens is 2. The topological polar surface area (TPSA) is 15.6 Å². The van der Waals surface area contributed by atoms with E-state index in [0.29, 0.717) is 13.1 Å². The van der Waals surface area contributed by atoms with Gasteiger partial charge in [0.25, 0.3) is 0 Å². The Morgan fingerprint density at radius 3 is 2.71 bits per heavy atom. The van der Waals surface area contributed by atoms with Crippen LogP contribution in [0.5, 0.6) is 0 Å². The van der Waals surface area contributed by atoms with Gasteiger partial charge < -0.3 is 4.90 Å². The first kappa shape index (κ1) is 14.1. The van der Waals surface area contributed by atoms with Crippen molar-refractivity contribution in [3.63, 3.8) is 0 Å². The zero-order valence-corrected chi connectivity index (χ0v) is 12.5.